The van der Waals surface area contributed by atoms with Crippen LogP contribution >= 0.6 is 11.3 Å². The highest BCUT2D eigenvalue weighted by molar-refractivity contribution is 7.13. The normalized spacial score (nSPS) is 12.4. The Bertz CT molecular complexity index is 1480. The molecule has 0 spiro atoms. The van der Waals surface area contributed by atoms with Crippen molar-refractivity contribution >= 4 is 32.9 Å². The maximum Gasteiger partial charge on any atom is 0.416 e. The maximum absolute atomic E-state index is 13.3. The zero-order valence-corrected chi connectivity index (χ0v) is 17.7. The monoisotopic (exact) mass is 490 g/mol. The standard InChI is InChI=1S/C24H12F6N2OS/c25-23(26,27)15-10-16(24(28,29)30)12-17(11-15)33-22-19-9-14-5-2-1-4-13(14)8-18(19)21(31-32-22)20-6-3-7-34-20/h1-12H. The number of benzene rings is 3. The summed E-state index contributed by atoms with van der Waals surface area (Å²) in [7, 11) is 0. The van der Waals surface area contributed by atoms with E-state index in [1.807, 2.05) is 47.8 Å². The second-order valence-corrected chi connectivity index (χ2v) is 8.37. The maximum atomic E-state index is 13.3. The fraction of sp³-hybridized carbons (Fsp3) is 0.0833. The lowest BCUT2D eigenvalue weighted by atomic mass is 10.0. The van der Waals surface area contributed by atoms with Gasteiger partial charge in [0.05, 0.1) is 16.0 Å². The SMILES string of the molecule is FC(F)(F)c1cc(Oc2nnc(-c3cccs3)c3cc4ccccc4cc23)cc(C(F)(F)F)c1. The molecule has 2 aromatic heterocycles. The van der Waals surface area contributed by atoms with E-state index in [9.17, 15) is 26.3 Å². The van der Waals surface area contributed by atoms with Crippen molar-refractivity contribution < 1.29 is 31.1 Å². The number of alkyl halides is 6. The van der Waals surface area contributed by atoms with E-state index in [0.29, 0.717) is 28.6 Å². The molecule has 5 aromatic rings. The molecule has 34 heavy (non-hydrogen) atoms. The summed E-state index contributed by atoms with van der Waals surface area (Å²) in [4.78, 5) is 0.803. The molecule has 172 valence electrons. The Morgan fingerprint density at radius 2 is 1.29 bits per heavy atom. The molecule has 0 aliphatic carbocycles. The molecule has 0 saturated heterocycles. The highest BCUT2D eigenvalue weighted by Gasteiger charge is 2.37. The fourth-order valence-electron chi connectivity index (χ4n) is 3.58. The largest absolute Gasteiger partial charge is 0.437 e. The predicted octanol–water partition coefficient (Wildman–Crippen LogP) is 8.34. The van der Waals surface area contributed by atoms with E-state index in [4.69, 9.17) is 4.74 Å². The van der Waals surface area contributed by atoms with Gasteiger partial charge in [-0.05, 0) is 52.6 Å². The van der Waals surface area contributed by atoms with Crippen LogP contribution in [0.25, 0.3) is 32.1 Å². The number of fused-ring (bicyclic) bond motifs is 2. The van der Waals surface area contributed by atoms with E-state index in [-0.39, 0.29) is 11.9 Å². The third kappa shape index (κ3) is 4.16. The number of hydrogen-bond donors (Lipinski definition) is 0. The van der Waals surface area contributed by atoms with E-state index in [0.717, 1.165) is 15.6 Å². The lowest BCUT2D eigenvalue weighted by Crippen LogP contribution is -2.11. The van der Waals surface area contributed by atoms with Crippen molar-refractivity contribution in [3.05, 3.63) is 83.2 Å². The summed E-state index contributed by atoms with van der Waals surface area (Å²) in [6.07, 6.45) is -9.99. The molecular weight excluding hydrogens is 478 g/mol. The van der Waals surface area contributed by atoms with E-state index >= 15 is 0 Å². The van der Waals surface area contributed by atoms with Gasteiger partial charge in [-0.25, -0.2) is 0 Å². The minimum atomic E-state index is -4.99. The van der Waals surface area contributed by atoms with E-state index in [1.54, 1.807) is 6.07 Å². The summed E-state index contributed by atoms with van der Waals surface area (Å²) in [5.74, 6) is -0.844. The van der Waals surface area contributed by atoms with Gasteiger partial charge in [0.15, 0.2) is 0 Å². The average Bonchev–Trinajstić information content (AvgIpc) is 3.31. The van der Waals surface area contributed by atoms with Gasteiger partial charge in [0.2, 0.25) is 5.88 Å². The van der Waals surface area contributed by atoms with Crippen molar-refractivity contribution in [3.8, 4) is 22.2 Å². The molecule has 0 radical (unpaired) electrons. The van der Waals surface area contributed by atoms with Crippen molar-refractivity contribution in [1.82, 2.24) is 10.2 Å². The van der Waals surface area contributed by atoms with E-state index < -0.39 is 29.2 Å². The van der Waals surface area contributed by atoms with E-state index in [2.05, 4.69) is 10.2 Å². The van der Waals surface area contributed by atoms with Crippen molar-refractivity contribution in [2.24, 2.45) is 0 Å². The third-order valence-corrected chi connectivity index (χ3v) is 6.02. The van der Waals surface area contributed by atoms with Crippen molar-refractivity contribution in [2.45, 2.75) is 12.4 Å². The summed E-state index contributed by atoms with van der Waals surface area (Å²) in [5, 5.41) is 12.8. The highest BCUT2D eigenvalue weighted by atomic mass is 32.1. The van der Waals surface area contributed by atoms with Crippen LogP contribution in [0.1, 0.15) is 11.1 Å². The molecule has 0 aliphatic rings. The van der Waals surface area contributed by atoms with Crippen LogP contribution in [0.2, 0.25) is 0 Å². The Kier molecular flexibility index (Phi) is 5.20. The highest BCUT2D eigenvalue weighted by Crippen LogP contribution is 2.41. The molecule has 0 bridgehead atoms. The number of rotatable bonds is 3. The minimum Gasteiger partial charge on any atom is -0.437 e. The number of aromatic nitrogens is 2. The Labute approximate surface area is 192 Å². The van der Waals surface area contributed by atoms with Gasteiger partial charge in [-0.1, -0.05) is 30.3 Å². The molecule has 0 atom stereocenters. The van der Waals surface area contributed by atoms with Crippen LogP contribution in [0.5, 0.6) is 11.6 Å². The molecule has 0 amide bonds. The quantitative estimate of drug-likeness (QED) is 0.188. The lowest BCUT2D eigenvalue weighted by Gasteiger charge is -2.15. The van der Waals surface area contributed by atoms with Gasteiger partial charge in [0.25, 0.3) is 0 Å². The summed E-state index contributed by atoms with van der Waals surface area (Å²) in [5.41, 5.74) is -2.42. The molecule has 2 heterocycles. The predicted molar refractivity (Wildman–Crippen MR) is 117 cm³/mol. The van der Waals surface area contributed by atoms with Crippen molar-refractivity contribution in [3.63, 3.8) is 0 Å². The number of hydrogen-bond acceptors (Lipinski definition) is 4. The minimum absolute atomic E-state index is 0.0457. The van der Waals surface area contributed by atoms with Crippen molar-refractivity contribution in [1.29, 1.82) is 0 Å². The van der Waals surface area contributed by atoms with Crippen LogP contribution < -0.4 is 4.74 Å². The molecule has 0 N–H and O–H groups in total. The molecule has 0 saturated carbocycles. The number of nitrogens with zero attached hydrogens (tertiary/aromatic N) is 2. The van der Waals surface area contributed by atoms with Gasteiger partial charge in [-0.3, -0.25) is 0 Å². The third-order valence-electron chi connectivity index (χ3n) is 5.14. The smallest absolute Gasteiger partial charge is 0.416 e. The van der Waals surface area contributed by atoms with Crippen LogP contribution in [0.3, 0.4) is 0 Å². The molecule has 0 fully saturated rings. The molecule has 5 rings (SSSR count). The van der Waals surface area contributed by atoms with Crippen LogP contribution in [0, 0.1) is 0 Å². The summed E-state index contributed by atoms with van der Waals surface area (Å²) < 4.78 is 85.1. The zero-order chi connectivity index (χ0) is 24.1. The first-order valence-electron chi connectivity index (χ1n) is 9.80. The molecule has 3 aromatic carbocycles. The second kappa shape index (κ2) is 7.98. The van der Waals surface area contributed by atoms with Gasteiger partial charge >= 0.3 is 12.4 Å². The van der Waals surface area contributed by atoms with Gasteiger partial charge in [0, 0.05) is 10.8 Å². The Morgan fingerprint density at radius 3 is 1.85 bits per heavy atom. The molecule has 3 nitrogen and oxygen atoms in total. The molecular formula is C24H12F6N2OS. The first kappa shape index (κ1) is 22.1. The Morgan fingerprint density at radius 1 is 0.676 bits per heavy atom. The zero-order valence-electron chi connectivity index (χ0n) is 16.9. The number of thiophene rings is 1. The number of ether oxygens (including phenoxy) is 1. The summed E-state index contributed by atoms with van der Waals surface area (Å²) >= 11 is 1.42. The van der Waals surface area contributed by atoms with Crippen LogP contribution in [-0.2, 0) is 12.4 Å². The molecule has 0 aliphatic heterocycles. The number of halogens is 6. The van der Waals surface area contributed by atoms with Crippen molar-refractivity contribution in [2.75, 3.05) is 0 Å². The first-order chi connectivity index (χ1) is 16.1. The van der Waals surface area contributed by atoms with Gasteiger partial charge < -0.3 is 4.74 Å². The first-order valence-corrected chi connectivity index (χ1v) is 10.7. The molecule has 10 heteroatoms. The van der Waals surface area contributed by atoms with Crippen LogP contribution in [0.4, 0.5) is 26.3 Å². The van der Waals surface area contributed by atoms with Gasteiger partial charge in [0.1, 0.15) is 11.4 Å². The summed E-state index contributed by atoms with van der Waals surface area (Å²) in [6.45, 7) is 0. The average molecular weight is 490 g/mol. The topological polar surface area (TPSA) is 35.0 Å². The van der Waals surface area contributed by atoms with Crippen LogP contribution in [0.15, 0.2) is 72.1 Å². The lowest BCUT2D eigenvalue weighted by molar-refractivity contribution is -0.143. The Balaban J connectivity index is 1.71. The second-order valence-electron chi connectivity index (χ2n) is 7.42. The Hall–Kier alpha value is -3.66. The van der Waals surface area contributed by atoms with Gasteiger partial charge in [-0.15, -0.1) is 21.5 Å². The van der Waals surface area contributed by atoms with Crippen LogP contribution in [-0.4, -0.2) is 10.2 Å². The van der Waals surface area contributed by atoms with Gasteiger partial charge in [-0.2, -0.15) is 26.3 Å². The summed E-state index contributed by atoms with van der Waals surface area (Å²) in [6, 6.07) is 15.7. The molecule has 0 unspecified atom stereocenters. The van der Waals surface area contributed by atoms with E-state index in [1.165, 1.54) is 11.3 Å². The fourth-order valence-corrected chi connectivity index (χ4v) is 4.31.